The molecule has 1 saturated heterocycles. The van der Waals surface area contributed by atoms with Crippen molar-refractivity contribution in [1.29, 1.82) is 0 Å². The Morgan fingerprint density at radius 2 is 1.64 bits per heavy atom. The van der Waals surface area contributed by atoms with Gasteiger partial charge < -0.3 is 9.32 Å². The smallest absolute Gasteiger partial charge is 0.408 e. The van der Waals surface area contributed by atoms with Gasteiger partial charge in [0.05, 0.1) is 16.6 Å². The first-order valence-corrected chi connectivity index (χ1v) is 13.1. The van der Waals surface area contributed by atoms with Crippen molar-refractivity contribution in [3.63, 3.8) is 0 Å². The Morgan fingerprint density at radius 1 is 0.944 bits per heavy atom. The molecule has 1 aromatic heterocycles. The number of rotatable bonds is 6. The molecule has 0 aliphatic carbocycles. The monoisotopic (exact) mass is 523 g/mol. The number of hydrogen-bond acceptors (Lipinski definition) is 6. The van der Waals surface area contributed by atoms with Gasteiger partial charge in [0.15, 0.2) is 5.58 Å². The summed E-state index contributed by atoms with van der Waals surface area (Å²) in [5.41, 5.74) is -0.703. The average molecular weight is 524 g/mol. The van der Waals surface area contributed by atoms with Crippen molar-refractivity contribution in [3.8, 4) is 0 Å². The van der Waals surface area contributed by atoms with E-state index in [0.29, 0.717) is 29.3 Å². The number of carbonyl (C=O) groups excluding carboxylic acids is 1. The van der Waals surface area contributed by atoms with Gasteiger partial charge in [-0.15, -0.1) is 0 Å². The van der Waals surface area contributed by atoms with Crippen LogP contribution < -0.4 is 5.76 Å². The summed E-state index contributed by atoms with van der Waals surface area (Å²) in [6, 6.07) is 10.1. The zero-order valence-corrected chi connectivity index (χ0v) is 20.0. The van der Waals surface area contributed by atoms with E-state index in [0.717, 1.165) is 49.6 Å². The molecular formula is C24H24F3N3O5S. The van der Waals surface area contributed by atoms with Gasteiger partial charge in [-0.25, -0.2) is 17.5 Å². The quantitative estimate of drug-likeness (QED) is 0.456. The third kappa shape index (κ3) is 4.21. The maximum absolute atomic E-state index is 13.3. The summed E-state index contributed by atoms with van der Waals surface area (Å²) < 4.78 is 73.0. The molecule has 2 aliphatic rings. The van der Waals surface area contributed by atoms with E-state index in [2.05, 4.69) is 4.90 Å². The molecule has 0 radical (unpaired) electrons. The van der Waals surface area contributed by atoms with Crippen molar-refractivity contribution in [1.82, 2.24) is 13.8 Å². The van der Waals surface area contributed by atoms with E-state index in [1.165, 1.54) is 0 Å². The minimum absolute atomic E-state index is 0.0195. The lowest BCUT2D eigenvalue weighted by atomic mass is 10.0. The summed E-state index contributed by atoms with van der Waals surface area (Å²) in [5.74, 6) is -1.50. The summed E-state index contributed by atoms with van der Waals surface area (Å²) in [5, 5.41) is 0. The van der Waals surface area contributed by atoms with Gasteiger partial charge in [0, 0.05) is 25.7 Å². The van der Waals surface area contributed by atoms with Crippen LogP contribution in [0.25, 0.3) is 11.1 Å². The molecule has 0 bridgehead atoms. The number of carbonyl (C=O) groups is 1. The lowest BCUT2D eigenvalue weighted by molar-refractivity contribution is -0.138. The zero-order valence-electron chi connectivity index (χ0n) is 19.2. The van der Waals surface area contributed by atoms with Crippen LogP contribution in [0, 0.1) is 0 Å². The highest BCUT2D eigenvalue weighted by molar-refractivity contribution is 7.90. The lowest BCUT2D eigenvalue weighted by Crippen LogP contribution is -2.37. The van der Waals surface area contributed by atoms with Crippen LogP contribution >= 0.6 is 0 Å². The fourth-order valence-corrected chi connectivity index (χ4v) is 6.72. The molecule has 0 atom stereocenters. The number of piperidine rings is 1. The summed E-state index contributed by atoms with van der Waals surface area (Å²) in [7, 11) is -4.31. The normalized spacial score (nSPS) is 18.8. The number of alkyl halides is 3. The maximum atomic E-state index is 13.3. The first-order chi connectivity index (χ1) is 17.1. The van der Waals surface area contributed by atoms with Crippen LogP contribution in [0.1, 0.15) is 47.6 Å². The molecule has 2 aromatic carbocycles. The first kappa shape index (κ1) is 24.6. The van der Waals surface area contributed by atoms with Crippen LogP contribution in [-0.4, -0.2) is 54.3 Å². The third-order valence-corrected chi connectivity index (χ3v) is 8.69. The summed E-state index contributed by atoms with van der Waals surface area (Å²) in [6.45, 7) is 1.94. The molecule has 1 amide bonds. The van der Waals surface area contributed by atoms with Crippen molar-refractivity contribution in [2.75, 3.05) is 26.2 Å². The standard InChI is InChI=1S/C24H24F3N3O5S/c25-24(26,27)17-6-5-9-20-21(17)22(31)29(36(20,33)34)13-4-3-12-28-14-10-16(11-15-28)30-18-7-1-2-8-19(18)35-23(30)32/h1-2,5-9,16H,3-4,10-15H2. The van der Waals surface area contributed by atoms with Crippen molar-refractivity contribution >= 4 is 27.0 Å². The van der Waals surface area contributed by atoms with E-state index in [1.54, 1.807) is 10.6 Å². The Balaban J connectivity index is 1.16. The molecule has 1 fully saturated rings. The summed E-state index contributed by atoms with van der Waals surface area (Å²) in [4.78, 5) is 26.6. The SMILES string of the molecule is O=C1c2c(C(F)(F)F)cccc2S(=O)(=O)N1CCCCN1CCC(n2c(=O)oc3ccccc32)CC1. The Morgan fingerprint density at radius 3 is 2.36 bits per heavy atom. The molecule has 0 saturated carbocycles. The van der Waals surface area contributed by atoms with Crippen LogP contribution in [0.5, 0.6) is 0 Å². The molecular weight excluding hydrogens is 499 g/mol. The molecule has 0 unspecified atom stereocenters. The van der Waals surface area contributed by atoms with Crippen LogP contribution in [0.3, 0.4) is 0 Å². The average Bonchev–Trinajstić information content (AvgIpc) is 3.27. The second kappa shape index (κ2) is 9.07. The van der Waals surface area contributed by atoms with Crippen molar-refractivity contribution in [2.45, 2.75) is 42.8 Å². The number of nitrogens with zero attached hydrogens (tertiary/aromatic N) is 3. The molecule has 36 heavy (non-hydrogen) atoms. The number of para-hydroxylation sites is 2. The van der Waals surface area contributed by atoms with Crippen molar-refractivity contribution in [3.05, 3.63) is 64.1 Å². The molecule has 12 heteroatoms. The van der Waals surface area contributed by atoms with Crippen LogP contribution in [-0.2, 0) is 16.2 Å². The van der Waals surface area contributed by atoms with E-state index in [4.69, 9.17) is 4.42 Å². The maximum Gasteiger partial charge on any atom is 0.420 e. The van der Waals surface area contributed by atoms with Crippen LogP contribution in [0.4, 0.5) is 13.2 Å². The van der Waals surface area contributed by atoms with Gasteiger partial charge in [-0.2, -0.15) is 13.2 Å². The molecule has 2 aliphatic heterocycles. The number of oxazole rings is 1. The van der Waals surface area contributed by atoms with Gasteiger partial charge in [0.2, 0.25) is 0 Å². The van der Waals surface area contributed by atoms with Crippen molar-refractivity contribution in [2.24, 2.45) is 0 Å². The van der Waals surface area contributed by atoms with E-state index in [9.17, 15) is 31.2 Å². The Kier molecular flexibility index (Phi) is 6.19. The Bertz CT molecular complexity index is 1470. The lowest BCUT2D eigenvalue weighted by Gasteiger charge is -2.32. The van der Waals surface area contributed by atoms with E-state index in [-0.39, 0.29) is 18.3 Å². The first-order valence-electron chi connectivity index (χ1n) is 11.7. The molecule has 8 nitrogen and oxygen atoms in total. The van der Waals surface area contributed by atoms with E-state index >= 15 is 0 Å². The van der Waals surface area contributed by atoms with Gasteiger partial charge >= 0.3 is 11.9 Å². The van der Waals surface area contributed by atoms with Gasteiger partial charge in [0.25, 0.3) is 15.9 Å². The van der Waals surface area contributed by atoms with Crippen LogP contribution in [0.2, 0.25) is 0 Å². The molecule has 192 valence electrons. The number of amides is 1. The second-order valence-corrected chi connectivity index (χ2v) is 10.9. The van der Waals surface area contributed by atoms with E-state index in [1.807, 2.05) is 18.2 Å². The molecule has 3 heterocycles. The van der Waals surface area contributed by atoms with Gasteiger partial charge in [-0.1, -0.05) is 18.2 Å². The van der Waals surface area contributed by atoms with Crippen LogP contribution in [0.15, 0.2) is 56.6 Å². The van der Waals surface area contributed by atoms with Crippen molar-refractivity contribution < 1.29 is 30.8 Å². The number of benzene rings is 2. The van der Waals surface area contributed by atoms with E-state index < -0.39 is 38.1 Å². The number of hydrogen-bond donors (Lipinski definition) is 0. The minimum atomic E-state index is -4.83. The fourth-order valence-electron chi connectivity index (χ4n) is 5.10. The summed E-state index contributed by atoms with van der Waals surface area (Å²) >= 11 is 0. The summed E-state index contributed by atoms with van der Waals surface area (Å²) in [6.07, 6.45) is -2.43. The number of likely N-dealkylation sites (tertiary alicyclic amines) is 1. The van der Waals surface area contributed by atoms with Gasteiger partial charge in [0.1, 0.15) is 4.90 Å². The highest BCUT2D eigenvalue weighted by Crippen LogP contribution is 2.40. The second-order valence-electron chi connectivity index (χ2n) is 9.04. The van der Waals surface area contributed by atoms with Gasteiger partial charge in [-0.3, -0.25) is 9.36 Å². The number of unbranched alkanes of at least 4 members (excludes halogenated alkanes) is 1. The number of aromatic nitrogens is 1. The molecule has 0 N–H and O–H groups in total. The Labute approximate surface area is 204 Å². The predicted molar refractivity (Wildman–Crippen MR) is 124 cm³/mol. The molecule has 5 rings (SSSR count). The minimum Gasteiger partial charge on any atom is -0.408 e. The number of fused-ring (bicyclic) bond motifs is 2. The highest BCUT2D eigenvalue weighted by Gasteiger charge is 2.47. The molecule has 3 aromatic rings. The van der Waals surface area contributed by atoms with Gasteiger partial charge in [-0.05, 0) is 56.5 Å². The Hall–Kier alpha value is -3.12. The number of sulfonamides is 1. The molecule has 0 spiro atoms. The largest absolute Gasteiger partial charge is 0.420 e. The topological polar surface area (TPSA) is 92.8 Å². The zero-order chi connectivity index (χ0) is 25.7. The fraction of sp³-hybridized carbons (Fsp3) is 0.417. The highest BCUT2D eigenvalue weighted by atomic mass is 32.2. The number of halogens is 3. The third-order valence-electron chi connectivity index (χ3n) is 6.87. The predicted octanol–water partition coefficient (Wildman–Crippen LogP) is 3.88.